The van der Waals surface area contributed by atoms with Crippen LogP contribution in [0.5, 0.6) is 0 Å². The van der Waals surface area contributed by atoms with E-state index in [1.165, 1.54) is 12.8 Å². The van der Waals surface area contributed by atoms with E-state index in [9.17, 15) is 8.78 Å². The Kier molecular flexibility index (Phi) is 4.64. The maximum Gasteiger partial charge on any atom is 0.251 e. The molecule has 0 aliphatic heterocycles. The van der Waals surface area contributed by atoms with Gasteiger partial charge in [-0.3, -0.25) is 0 Å². The molecular formula is C10H19F2NS. The molecule has 1 aliphatic rings. The number of rotatable bonds is 5. The van der Waals surface area contributed by atoms with Crippen LogP contribution in [0.2, 0.25) is 0 Å². The molecule has 1 rings (SSSR count). The molecule has 0 saturated heterocycles. The summed E-state index contributed by atoms with van der Waals surface area (Å²) >= 11 is 4.35. The van der Waals surface area contributed by atoms with E-state index < -0.39 is 6.43 Å². The van der Waals surface area contributed by atoms with Crippen molar-refractivity contribution in [2.75, 3.05) is 25.9 Å². The molecule has 1 nitrogen and oxygen atoms in total. The lowest BCUT2D eigenvalue weighted by Crippen LogP contribution is -2.37. The monoisotopic (exact) mass is 223 g/mol. The number of hydrogen-bond acceptors (Lipinski definition) is 2. The zero-order chi connectivity index (χ0) is 10.6. The van der Waals surface area contributed by atoms with E-state index in [4.69, 9.17) is 0 Å². The molecule has 0 heterocycles. The van der Waals surface area contributed by atoms with Gasteiger partial charge in [-0.1, -0.05) is 12.8 Å². The molecule has 1 fully saturated rings. The maximum atomic E-state index is 12.1. The third-order valence-electron chi connectivity index (χ3n) is 3.05. The summed E-state index contributed by atoms with van der Waals surface area (Å²) in [7, 11) is 1.77. The van der Waals surface area contributed by atoms with Crippen LogP contribution in [-0.4, -0.2) is 37.2 Å². The van der Waals surface area contributed by atoms with Gasteiger partial charge in [0.2, 0.25) is 0 Å². The first kappa shape index (κ1) is 12.2. The van der Waals surface area contributed by atoms with E-state index in [1.807, 2.05) is 0 Å². The van der Waals surface area contributed by atoms with Crippen LogP contribution in [0.25, 0.3) is 0 Å². The van der Waals surface area contributed by atoms with Crippen molar-refractivity contribution >= 4 is 12.6 Å². The zero-order valence-corrected chi connectivity index (χ0v) is 9.57. The van der Waals surface area contributed by atoms with Crippen LogP contribution < -0.4 is 0 Å². The van der Waals surface area contributed by atoms with Crippen LogP contribution >= 0.6 is 12.6 Å². The SMILES string of the molecule is CN(CC(F)F)CC1(CS)CCCC1. The molecule has 0 radical (unpaired) electrons. The fraction of sp³-hybridized carbons (Fsp3) is 1.00. The summed E-state index contributed by atoms with van der Waals surface area (Å²) in [5.41, 5.74) is 0.201. The van der Waals surface area contributed by atoms with Crippen LogP contribution in [0.15, 0.2) is 0 Å². The van der Waals surface area contributed by atoms with Crippen molar-refractivity contribution in [3.63, 3.8) is 0 Å². The second-order valence-corrected chi connectivity index (χ2v) is 4.77. The van der Waals surface area contributed by atoms with E-state index in [0.29, 0.717) is 0 Å². The highest BCUT2D eigenvalue weighted by atomic mass is 32.1. The van der Waals surface area contributed by atoms with Gasteiger partial charge in [0.05, 0.1) is 6.54 Å². The zero-order valence-electron chi connectivity index (χ0n) is 8.68. The van der Waals surface area contributed by atoms with Gasteiger partial charge in [0, 0.05) is 6.54 Å². The van der Waals surface area contributed by atoms with Crippen molar-refractivity contribution in [3.05, 3.63) is 0 Å². The molecule has 1 saturated carbocycles. The highest BCUT2D eigenvalue weighted by molar-refractivity contribution is 7.80. The van der Waals surface area contributed by atoms with Crippen LogP contribution in [0, 0.1) is 5.41 Å². The molecule has 0 aromatic heterocycles. The summed E-state index contributed by atoms with van der Waals surface area (Å²) in [5.74, 6) is 0.820. The molecule has 1 aliphatic carbocycles. The predicted octanol–water partition coefficient (Wildman–Crippen LogP) is 2.67. The second kappa shape index (κ2) is 5.31. The van der Waals surface area contributed by atoms with Gasteiger partial charge < -0.3 is 4.90 Å². The molecule has 0 unspecified atom stereocenters. The van der Waals surface area contributed by atoms with Gasteiger partial charge in [0.1, 0.15) is 0 Å². The Labute approximate surface area is 90.3 Å². The molecule has 84 valence electrons. The van der Waals surface area contributed by atoms with Crippen molar-refractivity contribution in [2.45, 2.75) is 32.1 Å². The molecule has 0 bridgehead atoms. The Morgan fingerprint density at radius 1 is 1.36 bits per heavy atom. The standard InChI is InChI=1S/C10H19F2NS/c1-13(6-9(11)12)7-10(8-14)4-2-3-5-10/h9,14H,2-8H2,1H3. The lowest BCUT2D eigenvalue weighted by Gasteiger charge is -2.32. The lowest BCUT2D eigenvalue weighted by atomic mass is 9.88. The highest BCUT2D eigenvalue weighted by Gasteiger charge is 2.33. The van der Waals surface area contributed by atoms with Gasteiger partial charge in [0.15, 0.2) is 0 Å². The Balaban J connectivity index is 2.39. The number of thiol groups is 1. The van der Waals surface area contributed by atoms with Crippen molar-refractivity contribution in [2.24, 2.45) is 5.41 Å². The summed E-state index contributed by atoms with van der Waals surface area (Å²) < 4.78 is 24.3. The second-order valence-electron chi connectivity index (χ2n) is 4.45. The van der Waals surface area contributed by atoms with Gasteiger partial charge in [-0.15, -0.1) is 0 Å². The molecule has 14 heavy (non-hydrogen) atoms. The van der Waals surface area contributed by atoms with Crippen LogP contribution in [0.1, 0.15) is 25.7 Å². The largest absolute Gasteiger partial charge is 0.300 e. The fourth-order valence-corrected chi connectivity index (χ4v) is 2.78. The van der Waals surface area contributed by atoms with Crippen LogP contribution in [0.4, 0.5) is 8.78 Å². The molecule has 0 spiro atoms. The third-order valence-corrected chi connectivity index (χ3v) is 3.73. The summed E-state index contributed by atoms with van der Waals surface area (Å²) in [4.78, 5) is 1.74. The van der Waals surface area contributed by atoms with Gasteiger partial charge in [-0.25, -0.2) is 8.78 Å². The minimum Gasteiger partial charge on any atom is -0.300 e. The Morgan fingerprint density at radius 3 is 2.36 bits per heavy atom. The van der Waals surface area contributed by atoms with Crippen molar-refractivity contribution in [3.8, 4) is 0 Å². The van der Waals surface area contributed by atoms with E-state index in [-0.39, 0.29) is 12.0 Å². The van der Waals surface area contributed by atoms with E-state index in [0.717, 1.165) is 25.1 Å². The number of hydrogen-bond donors (Lipinski definition) is 1. The van der Waals surface area contributed by atoms with Gasteiger partial charge >= 0.3 is 0 Å². The normalized spacial score (nSPS) is 21.0. The third kappa shape index (κ3) is 3.39. The average molecular weight is 223 g/mol. The van der Waals surface area contributed by atoms with E-state index in [1.54, 1.807) is 11.9 Å². The van der Waals surface area contributed by atoms with Gasteiger partial charge in [-0.2, -0.15) is 12.6 Å². The number of alkyl halides is 2. The van der Waals surface area contributed by atoms with Gasteiger partial charge in [-0.05, 0) is 31.1 Å². The van der Waals surface area contributed by atoms with Crippen LogP contribution in [0.3, 0.4) is 0 Å². The van der Waals surface area contributed by atoms with Crippen LogP contribution in [-0.2, 0) is 0 Å². The predicted molar refractivity (Wildman–Crippen MR) is 58.3 cm³/mol. The average Bonchev–Trinajstić information content (AvgIpc) is 2.52. The maximum absolute atomic E-state index is 12.1. The molecule has 0 N–H and O–H groups in total. The number of nitrogens with zero attached hydrogens (tertiary/aromatic N) is 1. The summed E-state index contributed by atoms with van der Waals surface area (Å²) in [6.07, 6.45) is 2.51. The minimum absolute atomic E-state index is 0.116. The van der Waals surface area contributed by atoms with Gasteiger partial charge in [0.25, 0.3) is 6.43 Å². The molecule has 0 aromatic carbocycles. The number of halogens is 2. The molecular weight excluding hydrogens is 204 g/mol. The molecule has 0 atom stereocenters. The molecule has 4 heteroatoms. The Morgan fingerprint density at radius 2 is 1.93 bits per heavy atom. The van der Waals surface area contributed by atoms with Crippen molar-refractivity contribution in [1.82, 2.24) is 4.90 Å². The Bertz CT molecular complexity index is 170. The fourth-order valence-electron chi connectivity index (χ4n) is 2.36. The highest BCUT2D eigenvalue weighted by Crippen LogP contribution is 2.39. The summed E-state index contributed by atoms with van der Waals surface area (Å²) in [6.45, 7) is 0.649. The molecule has 0 amide bonds. The first-order valence-corrected chi connectivity index (χ1v) is 5.79. The topological polar surface area (TPSA) is 3.24 Å². The van der Waals surface area contributed by atoms with Crippen molar-refractivity contribution in [1.29, 1.82) is 0 Å². The lowest BCUT2D eigenvalue weighted by molar-refractivity contribution is 0.0811. The first-order valence-electron chi connectivity index (χ1n) is 5.15. The quantitative estimate of drug-likeness (QED) is 0.701. The molecule has 0 aromatic rings. The van der Waals surface area contributed by atoms with E-state index >= 15 is 0 Å². The van der Waals surface area contributed by atoms with Crippen molar-refractivity contribution < 1.29 is 8.78 Å². The summed E-state index contributed by atoms with van der Waals surface area (Å²) in [5, 5.41) is 0. The van der Waals surface area contributed by atoms with E-state index in [2.05, 4.69) is 12.6 Å². The Hall–Kier alpha value is 0.170. The minimum atomic E-state index is -2.22. The first-order chi connectivity index (χ1) is 6.58. The smallest absolute Gasteiger partial charge is 0.251 e. The summed E-state index contributed by atoms with van der Waals surface area (Å²) in [6, 6.07) is 0.